The molecule has 1 atom stereocenters. The van der Waals surface area contributed by atoms with Gasteiger partial charge in [-0.2, -0.15) is 0 Å². The summed E-state index contributed by atoms with van der Waals surface area (Å²) < 4.78 is 35.3. The average Bonchev–Trinajstić information content (AvgIpc) is 3.40. The molecule has 1 amide bonds. The summed E-state index contributed by atoms with van der Waals surface area (Å²) in [4.78, 5) is 19.4. The zero-order valence-corrected chi connectivity index (χ0v) is 25.1. The molecule has 216 valence electrons. The first-order valence-electron chi connectivity index (χ1n) is 14.0. The summed E-state index contributed by atoms with van der Waals surface area (Å²) in [6.07, 6.45) is 5.71. The molecule has 0 spiro atoms. The van der Waals surface area contributed by atoms with Crippen molar-refractivity contribution in [3.63, 3.8) is 0 Å². The lowest BCUT2D eigenvalue weighted by molar-refractivity contribution is -0.116. The zero-order valence-electron chi connectivity index (χ0n) is 23.4. The molecule has 0 bridgehead atoms. The highest BCUT2D eigenvalue weighted by molar-refractivity contribution is 7.93. The maximum atomic E-state index is 13.5. The maximum absolute atomic E-state index is 13.5. The molecule has 0 saturated carbocycles. The van der Waals surface area contributed by atoms with Gasteiger partial charge in [0, 0.05) is 66.8 Å². The number of hydrogen-bond acceptors (Lipinski definition) is 7. The van der Waals surface area contributed by atoms with Gasteiger partial charge in [-0.25, -0.2) is 13.4 Å². The predicted octanol–water partition coefficient (Wildman–Crippen LogP) is 6.76. The van der Waals surface area contributed by atoms with Crippen LogP contribution in [0.1, 0.15) is 38.5 Å². The van der Waals surface area contributed by atoms with Crippen LogP contribution in [0.2, 0.25) is 0 Å². The first kappa shape index (κ1) is 29.0. The molecule has 2 heterocycles. The van der Waals surface area contributed by atoms with Crippen molar-refractivity contribution in [1.82, 2.24) is 4.98 Å². The van der Waals surface area contributed by atoms with E-state index in [0.29, 0.717) is 34.2 Å². The molecule has 41 heavy (non-hydrogen) atoms. The topological polar surface area (TPSA) is 101 Å². The summed E-state index contributed by atoms with van der Waals surface area (Å²) in [5.74, 6) is 0.478. The van der Waals surface area contributed by atoms with Crippen LogP contribution in [0.25, 0.3) is 22.0 Å². The minimum Gasteiger partial charge on any atom is -0.381 e. The van der Waals surface area contributed by atoms with Gasteiger partial charge in [-0.1, -0.05) is 49.2 Å². The standard InChI is InChI=1S/C31H36N4O4S2/c1-35(2)28-13-6-12-26-25(28)11-7-14-29(26)41(37,38)34-24-10-5-9-23(20-24)27-21-40-31(32-27)33-30(36)16-15-22-8-3-4-18-39-19-17-22/h5-7,9-14,20-22,34H,3-4,8,15-19H2,1-2H3,(H,32,33,36). The SMILES string of the molecule is CN(C)c1cccc2c(S(=O)(=O)Nc3cccc(-c4csc(NC(=O)CCC5CCCCOCC5)n4)c3)cccc12. The summed E-state index contributed by atoms with van der Waals surface area (Å²) in [6.45, 7) is 1.62. The smallest absolute Gasteiger partial charge is 0.262 e. The van der Waals surface area contributed by atoms with Crippen molar-refractivity contribution in [2.45, 2.75) is 43.4 Å². The Labute approximate surface area is 245 Å². The number of hydrogen-bond donors (Lipinski definition) is 2. The molecule has 0 radical (unpaired) electrons. The van der Waals surface area contributed by atoms with Gasteiger partial charge in [-0.15, -0.1) is 11.3 Å². The number of sulfonamides is 1. The Morgan fingerprint density at radius 2 is 1.83 bits per heavy atom. The third-order valence-electron chi connectivity index (χ3n) is 7.39. The maximum Gasteiger partial charge on any atom is 0.262 e. The van der Waals surface area contributed by atoms with Crippen LogP contribution in [0, 0.1) is 5.92 Å². The largest absolute Gasteiger partial charge is 0.381 e. The van der Waals surface area contributed by atoms with E-state index < -0.39 is 10.0 Å². The Kier molecular flexibility index (Phi) is 9.22. The van der Waals surface area contributed by atoms with Crippen molar-refractivity contribution < 1.29 is 17.9 Å². The Balaban J connectivity index is 1.26. The van der Waals surface area contributed by atoms with E-state index in [1.54, 1.807) is 30.3 Å². The monoisotopic (exact) mass is 592 g/mol. The molecule has 1 saturated heterocycles. The number of ether oxygens (including phenoxy) is 1. The lowest BCUT2D eigenvalue weighted by atomic mass is 9.93. The molecule has 1 aromatic heterocycles. The molecule has 1 aliphatic heterocycles. The van der Waals surface area contributed by atoms with E-state index in [0.717, 1.165) is 62.0 Å². The minimum absolute atomic E-state index is 0.0390. The first-order valence-corrected chi connectivity index (χ1v) is 16.3. The third kappa shape index (κ3) is 7.25. The molecule has 1 aliphatic rings. The minimum atomic E-state index is -3.86. The van der Waals surface area contributed by atoms with Gasteiger partial charge in [0.05, 0.1) is 10.6 Å². The number of rotatable bonds is 9. The van der Waals surface area contributed by atoms with E-state index in [1.165, 1.54) is 11.3 Å². The lowest BCUT2D eigenvalue weighted by Gasteiger charge is -2.19. The number of benzene rings is 3. The highest BCUT2D eigenvalue weighted by Gasteiger charge is 2.20. The van der Waals surface area contributed by atoms with Gasteiger partial charge in [-0.05, 0) is 49.4 Å². The molecule has 8 nitrogen and oxygen atoms in total. The van der Waals surface area contributed by atoms with Crippen molar-refractivity contribution in [3.8, 4) is 11.3 Å². The van der Waals surface area contributed by atoms with Crippen LogP contribution in [-0.4, -0.2) is 46.6 Å². The molecule has 1 fully saturated rings. The molecule has 10 heteroatoms. The van der Waals surface area contributed by atoms with E-state index in [1.807, 2.05) is 54.7 Å². The molecule has 0 aliphatic carbocycles. The second-order valence-corrected chi connectivity index (χ2v) is 13.1. The quantitative estimate of drug-likeness (QED) is 0.223. The molecule has 3 aromatic carbocycles. The highest BCUT2D eigenvalue weighted by atomic mass is 32.2. The number of anilines is 3. The van der Waals surface area contributed by atoms with E-state index in [2.05, 4.69) is 15.0 Å². The average molecular weight is 593 g/mol. The van der Waals surface area contributed by atoms with Crippen LogP contribution in [0.15, 0.2) is 70.9 Å². The molecular weight excluding hydrogens is 556 g/mol. The summed E-state index contributed by atoms with van der Waals surface area (Å²) in [5.41, 5.74) is 2.81. The normalized spacial score (nSPS) is 16.1. The van der Waals surface area contributed by atoms with Crippen LogP contribution in [0.3, 0.4) is 0 Å². The third-order valence-corrected chi connectivity index (χ3v) is 9.59. The number of nitrogens with zero attached hydrogens (tertiary/aromatic N) is 2. The Morgan fingerprint density at radius 3 is 2.68 bits per heavy atom. The zero-order chi connectivity index (χ0) is 28.8. The van der Waals surface area contributed by atoms with Crippen LogP contribution in [-0.2, 0) is 19.6 Å². The van der Waals surface area contributed by atoms with Crippen molar-refractivity contribution in [3.05, 3.63) is 66.0 Å². The number of aromatic nitrogens is 1. The van der Waals surface area contributed by atoms with Crippen LogP contribution >= 0.6 is 11.3 Å². The number of amides is 1. The Morgan fingerprint density at radius 1 is 1.02 bits per heavy atom. The fraction of sp³-hybridized carbons (Fsp3) is 0.355. The van der Waals surface area contributed by atoms with E-state index in [-0.39, 0.29) is 10.8 Å². The number of carbonyl (C=O) groups is 1. The number of fused-ring (bicyclic) bond motifs is 1. The van der Waals surface area contributed by atoms with E-state index in [4.69, 9.17) is 4.74 Å². The summed E-state index contributed by atoms with van der Waals surface area (Å²) in [5, 5.41) is 6.84. The van der Waals surface area contributed by atoms with Crippen LogP contribution in [0.4, 0.5) is 16.5 Å². The molecule has 5 rings (SSSR count). The number of thiazole rings is 1. The molecular formula is C31H36N4O4S2. The van der Waals surface area contributed by atoms with Crippen molar-refractivity contribution >= 4 is 54.5 Å². The predicted molar refractivity (Wildman–Crippen MR) is 167 cm³/mol. The Hall–Kier alpha value is -3.47. The van der Waals surface area contributed by atoms with Gasteiger partial charge in [0.1, 0.15) is 0 Å². The van der Waals surface area contributed by atoms with Crippen LogP contribution in [0.5, 0.6) is 0 Å². The van der Waals surface area contributed by atoms with Gasteiger partial charge in [0.15, 0.2) is 5.13 Å². The second kappa shape index (κ2) is 13.0. The van der Waals surface area contributed by atoms with E-state index in [9.17, 15) is 13.2 Å². The van der Waals surface area contributed by atoms with Crippen molar-refractivity contribution in [1.29, 1.82) is 0 Å². The van der Waals surface area contributed by atoms with Gasteiger partial charge in [0.2, 0.25) is 5.91 Å². The fourth-order valence-corrected chi connectivity index (χ4v) is 7.25. The first-order chi connectivity index (χ1) is 19.8. The number of carbonyl (C=O) groups excluding carboxylic acids is 1. The summed E-state index contributed by atoms with van der Waals surface area (Å²) in [7, 11) is 0.00649. The number of nitrogens with one attached hydrogen (secondary N) is 2. The summed E-state index contributed by atoms with van der Waals surface area (Å²) in [6, 6.07) is 18.1. The Bertz CT molecular complexity index is 1610. The molecule has 1 unspecified atom stereocenters. The van der Waals surface area contributed by atoms with Gasteiger partial charge < -0.3 is 15.0 Å². The fourth-order valence-electron chi connectivity index (χ4n) is 5.24. The van der Waals surface area contributed by atoms with Crippen molar-refractivity contribution in [2.75, 3.05) is 42.2 Å². The summed E-state index contributed by atoms with van der Waals surface area (Å²) >= 11 is 1.36. The lowest BCUT2D eigenvalue weighted by Crippen LogP contribution is -2.16. The van der Waals surface area contributed by atoms with Crippen LogP contribution < -0.4 is 14.9 Å². The molecule has 2 N–H and O–H groups in total. The van der Waals surface area contributed by atoms with Gasteiger partial charge in [-0.3, -0.25) is 9.52 Å². The van der Waals surface area contributed by atoms with Crippen molar-refractivity contribution in [2.24, 2.45) is 5.92 Å². The highest BCUT2D eigenvalue weighted by Crippen LogP contribution is 2.32. The molecule has 4 aromatic rings. The second-order valence-electron chi connectivity index (χ2n) is 10.6. The van der Waals surface area contributed by atoms with Gasteiger partial charge >= 0.3 is 0 Å². The van der Waals surface area contributed by atoms with Gasteiger partial charge in [0.25, 0.3) is 10.0 Å². The van der Waals surface area contributed by atoms with E-state index >= 15 is 0 Å².